The maximum absolute atomic E-state index is 14.1. The Morgan fingerprint density at radius 1 is 1.03 bits per heavy atom. The van der Waals surface area contributed by atoms with Gasteiger partial charge in [0.05, 0.1) is 23.3 Å². The van der Waals surface area contributed by atoms with Crippen LogP contribution in [0.15, 0.2) is 60.7 Å². The molecule has 6 heteroatoms. The molecule has 3 aromatic rings. The minimum Gasteiger partial charge on any atom is -0.490 e. The van der Waals surface area contributed by atoms with Gasteiger partial charge in [0.15, 0.2) is 11.5 Å². The zero-order valence-corrected chi connectivity index (χ0v) is 17.7. The molecule has 152 valence electrons. The second-order valence-corrected chi connectivity index (χ2v) is 7.11. The molecule has 0 heterocycles. The third-order valence-corrected chi connectivity index (χ3v) is 4.91. The lowest BCUT2D eigenvalue weighted by Crippen LogP contribution is -2.01. The lowest BCUT2D eigenvalue weighted by Gasteiger charge is -2.15. The molecule has 0 saturated heterocycles. The molecule has 3 rings (SSSR count). The molecule has 0 aromatic heterocycles. The number of halogens is 3. The van der Waals surface area contributed by atoms with Gasteiger partial charge in [-0.3, -0.25) is 0 Å². The summed E-state index contributed by atoms with van der Waals surface area (Å²) in [6.45, 7) is 2.45. The van der Waals surface area contributed by atoms with E-state index < -0.39 is 5.82 Å². The third kappa shape index (κ3) is 5.13. The summed E-state index contributed by atoms with van der Waals surface area (Å²) < 4.78 is 25.7. The van der Waals surface area contributed by atoms with Gasteiger partial charge in [0.25, 0.3) is 0 Å². The average molecular weight is 442 g/mol. The Morgan fingerprint density at radius 2 is 1.77 bits per heavy atom. The van der Waals surface area contributed by atoms with Crippen molar-refractivity contribution in [3.8, 4) is 17.6 Å². The second-order valence-electron chi connectivity index (χ2n) is 6.29. The van der Waals surface area contributed by atoms with E-state index >= 15 is 0 Å². The van der Waals surface area contributed by atoms with Crippen LogP contribution in [0, 0.1) is 17.1 Å². The van der Waals surface area contributed by atoms with Gasteiger partial charge < -0.3 is 9.47 Å². The summed E-state index contributed by atoms with van der Waals surface area (Å²) in [5, 5.41) is 10.4. The minimum atomic E-state index is -0.471. The Morgan fingerprint density at radius 3 is 2.47 bits per heavy atom. The van der Waals surface area contributed by atoms with Crippen molar-refractivity contribution in [1.29, 1.82) is 5.26 Å². The molecular weight excluding hydrogens is 424 g/mol. The van der Waals surface area contributed by atoms with Crippen LogP contribution in [0.5, 0.6) is 11.5 Å². The Labute approximate surface area is 184 Å². The largest absolute Gasteiger partial charge is 0.490 e. The summed E-state index contributed by atoms with van der Waals surface area (Å²) in [6, 6.07) is 18.9. The summed E-state index contributed by atoms with van der Waals surface area (Å²) >= 11 is 12.6. The molecule has 3 nitrogen and oxygen atoms in total. The number of allylic oxidation sites excluding steroid dienone is 1. The van der Waals surface area contributed by atoms with Crippen LogP contribution in [0.3, 0.4) is 0 Å². The fraction of sp³-hybridized carbons (Fsp3) is 0.125. The lowest BCUT2D eigenvalue weighted by atomic mass is 10.0. The van der Waals surface area contributed by atoms with Gasteiger partial charge in [-0.25, -0.2) is 4.39 Å². The molecule has 30 heavy (non-hydrogen) atoms. The Hall–Kier alpha value is -3.00. The molecule has 0 amide bonds. The molecule has 0 radical (unpaired) electrons. The van der Waals surface area contributed by atoms with Crippen LogP contribution in [-0.4, -0.2) is 6.61 Å². The molecule has 3 aromatic carbocycles. The molecular formula is C24H18Cl2FNO2. The number of nitrogens with zero attached hydrogens (tertiary/aromatic N) is 1. The number of ether oxygens (including phenoxy) is 2. The van der Waals surface area contributed by atoms with Crippen LogP contribution in [0.2, 0.25) is 10.0 Å². The molecule has 0 aliphatic heterocycles. The highest BCUT2D eigenvalue weighted by Gasteiger charge is 2.14. The molecule has 0 aliphatic rings. The van der Waals surface area contributed by atoms with E-state index in [0.717, 1.165) is 5.56 Å². The van der Waals surface area contributed by atoms with E-state index in [1.54, 1.807) is 42.5 Å². The maximum Gasteiger partial charge on any atom is 0.180 e. The standard InChI is InChI=1S/C24H18Cl2FNO2/c1-2-29-23-13-16(11-18(14-28)19-8-4-6-10-22(19)27)12-21(26)24(23)30-15-17-7-3-5-9-20(17)25/h3-13H,2,15H2,1H3/b18-11-. The molecule has 0 atom stereocenters. The van der Waals surface area contributed by atoms with E-state index in [1.807, 2.05) is 31.2 Å². The minimum absolute atomic E-state index is 0.177. The first-order chi connectivity index (χ1) is 14.5. The molecule has 0 N–H and O–H groups in total. The monoisotopic (exact) mass is 441 g/mol. The summed E-state index contributed by atoms with van der Waals surface area (Å²) in [7, 11) is 0. The summed E-state index contributed by atoms with van der Waals surface area (Å²) in [5.41, 5.74) is 1.80. The number of hydrogen-bond acceptors (Lipinski definition) is 3. The zero-order chi connectivity index (χ0) is 21.5. The number of nitriles is 1. The highest BCUT2D eigenvalue weighted by molar-refractivity contribution is 6.32. The number of rotatable bonds is 7. The first-order valence-electron chi connectivity index (χ1n) is 9.22. The quantitative estimate of drug-likeness (QED) is 0.288. The van der Waals surface area contributed by atoms with Crippen molar-refractivity contribution < 1.29 is 13.9 Å². The van der Waals surface area contributed by atoms with E-state index in [9.17, 15) is 9.65 Å². The van der Waals surface area contributed by atoms with Gasteiger partial charge in [0, 0.05) is 16.1 Å². The molecule has 0 saturated carbocycles. The van der Waals surface area contributed by atoms with Crippen LogP contribution in [0.1, 0.15) is 23.6 Å². The Kier molecular flexibility index (Phi) is 7.35. The van der Waals surface area contributed by atoms with E-state index in [-0.39, 0.29) is 17.7 Å². The summed E-state index contributed by atoms with van der Waals surface area (Å²) in [6.07, 6.45) is 1.56. The van der Waals surface area contributed by atoms with E-state index in [0.29, 0.717) is 33.7 Å². The van der Waals surface area contributed by atoms with Gasteiger partial charge >= 0.3 is 0 Å². The normalized spacial score (nSPS) is 11.1. The van der Waals surface area contributed by atoms with Gasteiger partial charge in [-0.05, 0) is 42.8 Å². The number of benzene rings is 3. The lowest BCUT2D eigenvalue weighted by molar-refractivity contribution is 0.269. The Balaban J connectivity index is 1.95. The van der Waals surface area contributed by atoms with Crippen LogP contribution in [0.25, 0.3) is 11.6 Å². The van der Waals surface area contributed by atoms with E-state index in [4.69, 9.17) is 32.7 Å². The van der Waals surface area contributed by atoms with Gasteiger partial charge in [-0.15, -0.1) is 0 Å². The molecule has 0 bridgehead atoms. The van der Waals surface area contributed by atoms with Gasteiger partial charge in [-0.2, -0.15) is 5.26 Å². The van der Waals surface area contributed by atoms with Crippen molar-refractivity contribution >= 4 is 34.9 Å². The highest BCUT2D eigenvalue weighted by Crippen LogP contribution is 2.38. The Bertz CT molecular complexity index is 1120. The van der Waals surface area contributed by atoms with Gasteiger partial charge in [0.2, 0.25) is 0 Å². The molecule has 0 spiro atoms. The van der Waals surface area contributed by atoms with Crippen molar-refractivity contribution in [2.75, 3.05) is 6.61 Å². The van der Waals surface area contributed by atoms with E-state index in [1.165, 1.54) is 6.07 Å². The first-order valence-corrected chi connectivity index (χ1v) is 9.98. The van der Waals surface area contributed by atoms with Crippen LogP contribution < -0.4 is 9.47 Å². The van der Waals surface area contributed by atoms with Crippen LogP contribution in [0.4, 0.5) is 4.39 Å². The first kappa shape index (κ1) is 21.7. The predicted octanol–water partition coefficient (Wildman–Crippen LogP) is 7.17. The fourth-order valence-electron chi connectivity index (χ4n) is 2.86. The summed E-state index contributed by atoms with van der Waals surface area (Å²) in [4.78, 5) is 0. The topological polar surface area (TPSA) is 42.2 Å². The highest BCUT2D eigenvalue weighted by atomic mass is 35.5. The fourth-order valence-corrected chi connectivity index (χ4v) is 3.32. The third-order valence-electron chi connectivity index (χ3n) is 4.26. The van der Waals surface area contributed by atoms with Crippen molar-refractivity contribution in [2.45, 2.75) is 13.5 Å². The summed E-state index contributed by atoms with van der Waals surface area (Å²) in [5.74, 6) is 0.329. The van der Waals surface area contributed by atoms with Crippen molar-refractivity contribution in [2.24, 2.45) is 0 Å². The van der Waals surface area contributed by atoms with Gasteiger partial charge in [0.1, 0.15) is 12.4 Å². The van der Waals surface area contributed by atoms with Crippen molar-refractivity contribution in [3.63, 3.8) is 0 Å². The SMILES string of the molecule is CCOc1cc(/C=C(/C#N)c2ccccc2F)cc(Cl)c1OCc1ccccc1Cl. The number of hydrogen-bond donors (Lipinski definition) is 0. The molecule has 0 unspecified atom stereocenters. The van der Waals surface area contributed by atoms with Crippen LogP contribution >= 0.6 is 23.2 Å². The van der Waals surface area contributed by atoms with E-state index in [2.05, 4.69) is 0 Å². The second kappa shape index (κ2) is 10.2. The molecule has 0 aliphatic carbocycles. The predicted molar refractivity (Wildman–Crippen MR) is 118 cm³/mol. The van der Waals surface area contributed by atoms with Crippen molar-refractivity contribution in [3.05, 3.63) is 93.2 Å². The molecule has 0 fully saturated rings. The average Bonchev–Trinajstić information content (AvgIpc) is 2.73. The van der Waals surface area contributed by atoms with Crippen LogP contribution in [-0.2, 0) is 6.61 Å². The van der Waals surface area contributed by atoms with Crippen molar-refractivity contribution in [1.82, 2.24) is 0 Å². The maximum atomic E-state index is 14.1. The zero-order valence-electron chi connectivity index (χ0n) is 16.2. The van der Waals surface area contributed by atoms with Gasteiger partial charge in [-0.1, -0.05) is 59.6 Å². The smallest absolute Gasteiger partial charge is 0.180 e.